The van der Waals surface area contributed by atoms with Gasteiger partial charge in [0.05, 0.1) is 6.61 Å². The minimum atomic E-state index is -3.45. The lowest BCUT2D eigenvalue weighted by atomic mass is 10.0. The van der Waals surface area contributed by atoms with Gasteiger partial charge in [-0.25, -0.2) is 0 Å². The van der Waals surface area contributed by atoms with Gasteiger partial charge in [-0.2, -0.15) is 17.0 Å². The van der Waals surface area contributed by atoms with Crippen molar-refractivity contribution in [1.29, 1.82) is 0 Å². The van der Waals surface area contributed by atoms with Gasteiger partial charge in [0.25, 0.3) is 10.2 Å². The Kier molecular flexibility index (Phi) is 9.08. The van der Waals surface area contributed by atoms with Crippen molar-refractivity contribution in [1.82, 2.24) is 8.61 Å². The summed E-state index contributed by atoms with van der Waals surface area (Å²) in [5, 5.41) is 0. The van der Waals surface area contributed by atoms with Crippen molar-refractivity contribution >= 4 is 21.8 Å². The molecule has 0 radical (unpaired) electrons. The monoisotopic (exact) mass is 342 g/mol. The Morgan fingerprint density at radius 1 is 1.24 bits per heavy atom. The predicted octanol–water partition coefficient (Wildman–Crippen LogP) is 1.17. The third-order valence-electron chi connectivity index (χ3n) is 3.65. The van der Waals surface area contributed by atoms with Crippen molar-refractivity contribution in [2.75, 3.05) is 59.5 Å². The van der Waals surface area contributed by atoms with E-state index in [1.54, 1.807) is 18.5 Å². The zero-order valence-electron chi connectivity index (χ0n) is 13.0. The Hall–Kier alpha value is 0.0800. The standard InChI is InChI=1S/C13H27ClN2O4S/c1-19-9-4-7-15(8-10-20-2)21(17,18)16-6-3-5-13(11-14)12-16/h13H,3-12H2,1-2H3. The Balaban J connectivity index is 2.71. The molecule has 0 aliphatic carbocycles. The zero-order valence-corrected chi connectivity index (χ0v) is 14.5. The van der Waals surface area contributed by atoms with Crippen LogP contribution in [0.25, 0.3) is 0 Å². The topological polar surface area (TPSA) is 59.1 Å². The van der Waals surface area contributed by atoms with Crippen LogP contribution in [0.2, 0.25) is 0 Å². The summed E-state index contributed by atoms with van der Waals surface area (Å²) in [6, 6.07) is 0. The Bertz CT molecular complexity index is 380. The first-order valence-corrected chi connectivity index (χ1v) is 9.28. The summed E-state index contributed by atoms with van der Waals surface area (Å²) in [7, 11) is -0.259. The van der Waals surface area contributed by atoms with Crippen molar-refractivity contribution in [3.8, 4) is 0 Å². The average molecular weight is 343 g/mol. The molecule has 1 aliphatic heterocycles. The van der Waals surface area contributed by atoms with E-state index >= 15 is 0 Å². The summed E-state index contributed by atoms with van der Waals surface area (Å²) in [6.45, 7) is 2.83. The number of halogens is 1. The average Bonchev–Trinajstić information content (AvgIpc) is 2.50. The zero-order chi connectivity index (χ0) is 15.7. The summed E-state index contributed by atoms with van der Waals surface area (Å²) in [6.07, 6.45) is 2.54. The van der Waals surface area contributed by atoms with E-state index in [0.717, 1.165) is 12.8 Å². The lowest BCUT2D eigenvalue weighted by Gasteiger charge is -2.35. The molecule has 0 aromatic rings. The normalized spacial score (nSPS) is 21.0. The lowest BCUT2D eigenvalue weighted by Crippen LogP contribution is -2.49. The summed E-state index contributed by atoms with van der Waals surface area (Å²) in [5.41, 5.74) is 0. The maximum Gasteiger partial charge on any atom is 0.282 e. The van der Waals surface area contributed by atoms with Crippen LogP contribution >= 0.6 is 11.6 Å². The largest absolute Gasteiger partial charge is 0.385 e. The smallest absolute Gasteiger partial charge is 0.282 e. The van der Waals surface area contributed by atoms with Crippen LogP contribution in [0.3, 0.4) is 0 Å². The Morgan fingerprint density at radius 3 is 2.57 bits per heavy atom. The summed E-state index contributed by atoms with van der Waals surface area (Å²) < 4.78 is 38.6. The highest BCUT2D eigenvalue weighted by Crippen LogP contribution is 2.22. The molecule has 0 aromatic heterocycles. The number of piperidine rings is 1. The summed E-state index contributed by atoms with van der Waals surface area (Å²) >= 11 is 5.89. The Labute approximate surface area is 133 Å². The van der Waals surface area contributed by atoms with Crippen molar-refractivity contribution < 1.29 is 17.9 Å². The van der Waals surface area contributed by atoms with E-state index < -0.39 is 10.2 Å². The lowest BCUT2D eigenvalue weighted by molar-refractivity contribution is 0.159. The molecule has 1 atom stereocenters. The van der Waals surface area contributed by atoms with Gasteiger partial charge in [-0.15, -0.1) is 11.6 Å². The van der Waals surface area contributed by atoms with Crippen LogP contribution in [-0.2, 0) is 19.7 Å². The highest BCUT2D eigenvalue weighted by molar-refractivity contribution is 7.86. The number of methoxy groups -OCH3 is 2. The number of hydrogen-bond donors (Lipinski definition) is 0. The van der Waals surface area contributed by atoms with E-state index in [4.69, 9.17) is 21.1 Å². The fourth-order valence-electron chi connectivity index (χ4n) is 2.45. The van der Waals surface area contributed by atoms with E-state index in [0.29, 0.717) is 51.7 Å². The molecule has 0 spiro atoms. The molecule has 1 aliphatic rings. The Morgan fingerprint density at radius 2 is 1.95 bits per heavy atom. The van der Waals surface area contributed by atoms with Crippen LogP contribution in [0.4, 0.5) is 0 Å². The minimum absolute atomic E-state index is 0.249. The van der Waals surface area contributed by atoms with E-state index in [9.17, 15) is 8.42 Å². The molecular weight excluding hydrogens is 316 g/mol. The number of hydrogen-bond acceptors (Lipinski definition) is 4. The molecule has 21 heavy (non-hydrogen) atoms. The van der Waals surface area contributed by atoms with Gasteiger partial charge in [0.1, 0.15) is 0 Å². The van der Waals surface area contributed by atoms with Crippen LogP contribution in [0.1, 0.15) is 19.3 Å². The second-order valence-corrected chi connectivity index (χ2v) is 7.50. The van der Waals surface area contributed by atoms with E-state index in [1.807, 2.05) is 0 Å². The molecule has 1 fully saturated rings. The first-order valence-electron chi connectivity index (χ1n) is 7.35. The molecule has 126 valence electrons. The predicted molar refractivity (Wildman–Crippen MR) is 83.9 cm³/mol. The fourth-order valence-corrected chi connectivity index (χ4v) is 4.45. The van der Waals surface area contributed by atoms with Crippen molar-refractivity contribution in [2.24, 2.45) is 5.92 Å². The minimum Gasteiger partial charge on any atom is -0.385 e. The van der Waals surface area contributed by atoms with Crippen LogP contribution in [0, 0.1) is 5.92 Å². The molecule has 0 aromatic carbocycles. The molecule has 1 unspecified atom stereocenters. The maximum absolute atomic E-state index is 12.8. The van der Waals surface area contributed by atoms with Crippen LogP contribution in [-0.4, -0.2) is 76.5 Å². The summed E-state index contributed by atoms with van der Waals surface area (Å²) in [5.74, 6) is 0.756. The second kappa shape index (κ2) is 9.97. The van der Waals surface area contributed by atoms with Gasteiger partial charge in [-0.3, -0.25) is 0 Å². The molecule has 1 heterocycles. The van der Waals surface area contributed by atoms with Gasteiger partial charge in [0.2, 0.25) is 0 Å². The van der Waals surface area contributed by atoms with Crippen LogP contribution < -0.4 is 0 Å². The molecule has 0 amide bonds. The third-order valence-corrected chi connectivity index (χ3v) is 6.09. The summed E-state index contributed by atoms with van der Waals surface area (Å²) in [4.78, 5) is 0. The van der Waals surface area contributed by atoms with E-state index in [-0.39, 0.29) is 5.92 Å². The van der Waals surface area contributed by atoms with Gasteiger partial charge >= 0.3 is 0 Å². The van der Waals surface area contributed by atoms with Gasteiger partial charge in [0.15, 0.2) is 0 Å². The van der Waals surface area contributed by atoms with E-state index in [2.05, 4.69) is 0 Å². The van der Waals surface area contributed by atoms with Gasteiger partial charge in [0, 0.05) is 52.9 Å². The van der Waals surface area contributed by atoms with Crippen LogP contribution in [0.15, 0.2) is 0 Å². The van der Waals surface area contributed by atoms with E-state index in [1.165, 1.54) is 4.31 Å². The first-order chi connectivity index (χ1) is 10.1. The molecule has 1 rings (SSSR count). The number of nitrogens with zero attached hydrogens (tertiary/aromatic N) is 2. The number of ether oxygens (including phenoxy) is 2. The second-order valence-electron chi connectivity index (χ2n) is 5.27. The van der Waals surface area contributed by atoms with Crippen molar-refractivity contribution in [2.45, 2.75) is 19.3 Å². The molecule has 0 bridgehead atoms. The van der Waals surface area contributed by atoms with Gasteiger partial charge in [-0.1, -0.05) is 0 Å². The molecule has 1 saturated heterocycles. The fraction of sp³-hybridized carbons (Fsp3) is 1.00. The molecule has 6 nitrogen and oxygen atoms in total. The number of alkyl halides is 1. The SMILES string of the molecule is COCCCN(CCOC)S(=O)(=O)N1CCCC(CCl)C1. The van der Waals surface area contributed by atoms with Crippen molar-refractivity contribution in [3.05, 3.63) is 0 Å². The highest BCUT2D eigenvalue weighted by atomic mass is 35.5. The quantitative estimate of drug-likeness (QED) is 0.441. The van der Waals surface area contributed by atoms with Gasteiger partial charge in [-0.05, 0) is 25.2 Å². The molecule has 0 saturated carbocycles. The van der Waals surface area contributed by atoms with Gasteiger partial charge < -0.3 is 9.47 Å². The molecule has 0 N–H and O–H groups in total. The van der Waals surface area contributed by atoms with Crippen molar-refractivity contribution in [3.63, 3.8) is 0 Å². The highest BCUT2D eigenvalue weighted by Gasteiger charge is 2.32. The number of rotatable bonds is 10. The maximum atomic E-state index is 12.8. The first kappa shape index (κ1) is 19.1. The van der Waals surface area contributed by atoms with Crippen LogP contribution in [0.5, 0.6) is 0 Å². The third kappa shape index (κ3) is 6.00. The molecule has 8 heteroatoms. The molecular formula is C13H27ClN2O4S.